The van der Waals surface area contributed by atoms with Gasteiger partial charge in [-0.3, -0.25) is 0 Å². The van der Waals surface area contributed by atoms with Gasteiger partial charge in [-0.1, -0.05) is 12.1 Å². The van der Waals surface area contributed by atoms with Gasteiger partial charge in [-0.05, 0) is 24.6 Å². The van der Waals surface area contributed by atoms with Crippen molar-refractivity contribution < 1.29 is 24.2 Å². The van der Waals surface area contributed by atoms with E-state index < -0.39 is 30.0 Å². The van der Waals surface area contributed by atoms with Crippen LogP contribution >= 0.6 is 0 Å². The number of amides is 2. The second kappa shape index (κ2) is 6.69. The Balaban J connectivity index is 2.49. The lowest BCUT2D eigenvalue weighted by atomic mass is 10.2. The molecular weight excluding hydrogens is 255 g/mol. The van der Waals surface area contributed by atoms with Crippen molar-refractivity contribution in [3.05, 3.63) is 35.6 Å². The summed E-state index contributed by atoms with van der Waals surface area (Å²) in [6, 6.07) is 3.50. The first-order valence-electron chi connectivity index (χ1n) is 5.60. The number of aliphatic carboxylic acids is 1. The zero-order valence-corrected chi connectivity index (χ0v) is 10.3. The Morgan fingerprint density at radius 1 is 1.42 bits per heavy atom. The van der Waals surface area contributed by atoms with Crippen molar-refractivity contribution in [1.82, 2.24) is 10.6 Å². The average Bonchev–Trinajstić information content (AvgIpc) is 2.32. The van der Waals surface area contributed by atoms with E-state index in [1.165, 1.54) is 25.1 Å². The van der Waals surface area contributed by atoms with E-state index in [0.29, 0.717) is 5.56 Å². The average molecular weight is 270 g/mol. The number of carbonyl (C=O) groups excluding carboxylic acids is 1. The molecule has 104 valence electrons. The summed E-state index contributed by atoms with van der Waals surface area (Å²) in [7, 11) is 0. The van der Waals surface area contributed by atoms with Crippen LogP contribution in [0.15, 0.2) is 24.3 Å². The minimum absolute atomic E-state index is 0.0513. The number of nitrogens with one attached hydrogen (secondary N) is 2. The third kappa shape index (κ3) is 4.92. The van der Waals surface area contributed by atoms with Gasteiger partial charge in [-0.25, -0.2) is 14.0 Å². The molecular formula is C12H15FN2O4. The summed E-state index contributed by atoms with van der Waals surface area (Å²) in [5.74, 6) is -1.76. The number of rotatable bonds is 5. The molecule has 0 unspecified atom stereocenters. The Labute approximate surface area is 109 Å². The summed E-state index contributed by atoms with van der Waals surface area (Å²) >= 11 is 0. The van der Waals surface area contributed by atoms with Gasteiger partial charge >= 0.3 is 12.0 Å². The van der Waals surface area contributed by atoms with Crippen LogP contribution in [-0.4, -0.2) is 34.4 Å². The number of hydrogen-bond acceptors (Lipinski definition) is 3. The van der Waals surface area contributed by atoms with E-state index in [9.17, 15) is 19.1 Å². The molecule has 7 heteroatoms. The molecule has 0 fully saturated rings. The number of aliphatic hydroxyl groups excluding tert-OH is 1. The number of carboxylic acid groups (broad SMARTS) is 1. The first-order valence-corrected chi connectivity index (χ1v) is 5.60. The topological polar surface area (TPSA) is 98.7 Å². The number of benzene rings is 1. The largest absolute Gasteiger partial charge is 0.480 e. The fourth-order valence-corrected chi connectivity index (χ4v) is 1.41. The van der Waals surface area contributed by atoms with E-state index in [2.05, 4.69) is 10.6 Å². The number of aliphatic hydroxyl groups is 1. The molecule has 0 aliphatic heterocycles. The maximum Gasteiger partial charge on any atom is 0.328 e. The summed E-state index contributed by atoms with van der Waals surface area (Å²) < 4.78 is 12.9. The molecule has 2 amide bonds. The van der Waals surface area contributed by atoms with Crippen LogP contribution in [0.1, 0.15) is 12.5 Å². The lowest BCUT2D eigenvalue weighted by molar-refractivity contribution is -0.141. The highest BCUT2D eigenvalue weighted by molar-refractivity contribution is 5.82. The summed E-state index contributed by atoms with van der Waals surface area (Å²) in [6.45, 7) is 1.31. The van der Waals surface area contributed by atoms with E-state index in [4.69, 9.17) is 5.11 Å². The molecule has 0 aromatic heterocycles. The van der Waals surface area contributed by atoms with Crippen molar-refractivity contribution in [3.8, 4) is 0 Å². The second-order valence-corrected chi connectivity index (χ2v) is 4.01. The highest BCUT2D eigenvalue weighted by Crippen LogP contribution is 2.02. The van der Waals surface area contributed by atoms with E-state index in [1.807, 2.05) is 0 Å². The third-order valence-electron chi connectivity index (χ3n) is 2.38. The number of hydrogen-bond donors (Lipinski definition) is 4. The van der Waals surface area contributed by atoms with Crippen molar-refractivity contribution >= 4 is 12.0 Å². The van der Waals surface area contributed by atoms with Crippen molar-refractivity contribution in [2.75, 3.05) is 0 Å². The molecule has 19 heavy (non-hydrogen) atoms. The molecule has 2 atom stereocenters. The van der Waals surface area contributed by atoms with Gasteiger partial charge in [0, 0.05) is 6.54 Å². The Bertz CT molecular complexity index is 465. The van der Waals surface area contributed by atoms with Gasteiger partial charge in [0.1, 0.15) is 5.82 Å². The Morgan fingerprint density at radius 3 is 2.63 bits per heavy atom. The molecule has 0 heterocycles. The van der Waals surface area contributed by atoms with Gasteiger partial charge < -0.3 is 20.8 Å². The molecule has 0 spiro atoms. The SMILES string of the molecule is C[C@@H](O)[C@H](NC(=O)NCc1cccc(F)c1)C(=O)O. The maximum absolute atomic E-state index is 12.9. The van der Waals surface area contributed by atoms with Gasteiger partial charge in [-0.2, -0.15) is 0 Å². The zero-order valence-electron chi connectivity index (χ0n) is 10.3. The number of halogens is 1. The molecule has 0 saturated carbocycles. The number of carbonyl (C=O) groups is 2. The standard InChI is InChI=1S/C12H15FN2O4/c1-7(16)10(11(17)18)15-12(19)14-6-8-3-2-4-9(13)5-8/h2-5,7,10,16H,6H2,1H3,(H,17,18)(H2,14,15,19)/t7-,10+/m1/s1. The Morgan fingerprint density at radius 2 is 2.11 bits per heavy atom. The molecule has 0 saturated heterocycles. The number of carboxylic acids is 1. The van der Waals surface area contributed by atoms with Crippen molar-refractivity contribution in [1.29, 1.82) is 0 Å². The van der Waals surface area contributed by atoms with Crippen molar-refractivity contribution in [2.24, 2.45) is 0 Å². The lowest BCUT2D eigenvalue weighted by Crippen LogP contribution is -2.50. The fraction of sp³-hybridized carbons (Fsp3) is 0.333. The molecule has 1 aromatic carbocycles. The van der Waals surface area contributed by atoms with Crippen LogP contribution in [0, 0.1) is 5.82 Å². The molecule has 1 aromatic rings. The highest BCUT2D eigenvalue weighted by Gasteiger charge is 2.24. The van der Waals surface area contributed by atoms with Crippen molar-refractivity contribution in [3.63, 3.8) is 0 Å². The Hall–Kier alpha value is -2.15. The van der Waals surface area contributed by atoms with Crippen molar-refractivity contribution in [2.45, 2.75) is 25.6 Å². The van der Waals surface area contributed by atoms with E-state index in [1.54, 1.807) is 6.07 Å². The van der Waals surface area contributed by atoms with Gasteiger partial charge in [0.2, 0.25) is 0 Å². The first-order chi connectivity index (χ1) is 8.90. The third-order valence-corrected chi connectivity index (χ3v) is 2.38. The summed E-state index contributed by atoms with van der Waals surface area (Å²) in [5.41, 5.74) is 0.541. The quantitative estimate of drug-likeness (QED) is 0.624. The van der Waals surface area contributed by atoms with Crippen LogP contribution in [-0.2, 0) is 11.3 Å². The van der Waals surface area contributed by atoms with Crippen LogP contribution in [0.25, 0.3) is 0 Å². The van der Waals surface area contributed by atoms with E-state index >= 15 is 0 Å². The normalized spacial score (nSPS) is 13.4. The highest BCUT2D eigenvalue weighted by atomic mass is 19.1. The molecule has 0 aliphatic carbocycles. The van der Waals surface area contributed by atoms with Crippen LogP contribution in [0.3, 0.4) is 0 Å². The molecule has 0 aliphatic rings. The second-order valence-electron chi connectivity index (χ2n) is 4.01. The zero-order chi connectivity index (χ0) is 14.4. The summed E-state index contributed by atoms with van der Waals surface area (Å²) in [4.78, 5) is 22.2. The molecule has 1 rings (SSSR count). The van der Waals surface area contributed by atoms with Gasteiger partial charge in [0.15, 0.2) is 6.04 Å². The van der Waals surface area contributed by atoms with Crippen LogP contribution < -0.4 is 10.6 Å². The first kappa shape index (κ1) is 14.9. The summed E-state index contributed by atoms with van der Waals surface area (Å²) in [5, 5.41) is 22.4. The van der Waals surface area contributed by atoms with Crippen LogP contribution in [0.2, 0.25) is 0 Å². The van der Waals surface area contributed by atoms with Gasteiger partial charge in [-0.15, -0.1) is 0 Å². The Kier molecular flexibility index (Phi) is 5.25. The molecule has 0 radical (unpaired) electrons. The van der Waals surface area contributed by atoms with E-state index in [-0.39, 0.29) is 6.54 Å². The monoisotopic (exact) mass is 270 g/mol. The smallest absolute Gasteiger partial charge is 0.328 e. The predicted molar refractivity (Wildman–Crippen MR) is 64.9 cm³/mol. The lowest BCUT2D eigenvalue weighted by Gasteiger charge is -2.17. The maximum atomic E-state index is 12.9. The summed E-state index contributed by atoms with van der Waals surface area (Å²) in [6.07, 6.45) is -1.22. The minimum atomic E-state index is -1.40. The van der Waals surface area contributed by atoms with Gasteiger partial charge in [0.25, 0.3) is 0 Å². The molecule has 4 N–H and O–H groups in total. The molecule has 0 bridgehead atoms. The number of urea groups is 1. The van der Waals surface area contributed by atoms with Crippen LogP contribution in [0.5, 0.6) is 0 Å². The molecule has 6 nitrogen and oxygen atoms in total. The predicted octanol–water partition coefficient (Wildman–Crippen LogP) is 0.459. The van der Waals surface area contributed by atoms with Crippen LogP contribution in [0.4, 0.5) is 9.18 Å². The van der Waals surface area contributed by atoms with E-state index in [0.717, 1.165) is 0 Å². The van der Waals surface area contributed by atoms with Gasteiger partial charge in [0.05, 0.1) is 6.10 Å². The fourth-order valence-electron chi connectivity index (χ4n) is 1.41. The minimum Gasteiger partial charge on any atom is -0.480 e.